The van der Waals surface area contributed by atoms with Crippen LogP contribution in [0.3, 0.4) is 0 Å². The quantitative estimate of drug-likeness (QED) is 0.786. The van der Waals surface area contributed by atoms with Gasteiger partial charge < -0.3 is 14.4 Å². The molecule has 0 aromatic heterocycles. The number of esters is 1. The van der Waals surface area contributed by atoms with Gasteiger partial charge in [0.25, 0.3) is 0 Å². The minimum Gasteiger partial charge on any atom is -0.495 e. The van der Waals surface area contributed by atoms with Crippen LogP contribution in [0.4, 0.5) is 5.69 Å². The van der Waals surface area contributed by atoms with Crippen molar-refractivity contribution >= 4 is 17.4 Å². The fraction of sp³-hybridized carbons (Fsp3) is 0.333. The minimum atomic E-state index is -0.649. The maximum Gasteiger partial charge on any atom is 0.329 e. The summed E-state index contributed by atoms with van der Waals surface area (Å²) in [4.78, 5) is 25.3. The molecule has 1 aromatic rings. The average Bonchev–Trinajstić information content (AvgIpc) is 2.47. The molecule has 1 aliphatic heterocycles. The smallest absolute Gasteiger partial charge is 0.329 e. The van der Waals surface area contributed by atoms with Crippen LogP contribution >= 0.6 is 0 Å². The molecular formula is C15H17NO4. The molecule has 5 heteroatoms. The summed E-state index contributed by atoms with van der Waals surface area (Å²) in [6, 6.07) is 6.70. The lowest BCUT2D eigenvalue weighted by Crippen LogP contribution is -2.43. The third kappa shape index (κ3) is 2.82. The Morgan fingerprint density at radius 3 is 2.85 bits per heavy atom. The number of carbonyl (C=O) groups excluding carboxylic acids is 2. The van der Waals surface area contributed by atoms with E-state index in [1.807, 2.05) is 24.3 Å². The van der Waals surface area contributed by atoms with Crippen molar-refractivity contribution in [1.82, 2.24) is 0 Å². The highest BCUT2D eigenvalue weighted by molar-refractivity contribution is 5.98. The Hall–Kier alpha value is -2.30. The molecule has 1 atom stereocenters. The number of nitrogens with zero attached hydrogens (tertiary/aromatic N) is 1. The van der Waals surface area contributed by atoms with Crippen LogP contribution in [0.2, 0.25) is 0 Å². The van der Waals surface area contributed by atoms with E-state index in [-0.39, 0.29) is 18.8 Å². The molecule has 20 heavy (non-hydrogen) atoms. The summed E-state index contributed by atoms with van der Waals surface area (Å²) in [6.45, 7) is 2.03. The summed E-state index contributed by atoms with van der Waals surface area (Å²) in [5.41, 5.74) is 0.733. The Kier molecular flexibility index (Phi) is 4.40. The average molecular weight is 275 g/mol. The van der Waals surface area contributed by atoms with Crippen LogP contribution < -0.4 is 9.64 Å². The van der Waals surface area contributed by atoms with Gasteiger partial charge in [-0.2, -0.15) is 0 Å². The lowest BCUT2D eigenvalue weighted by atomic mass is 10.0. The van der Waals surface area contributed by atoms with E-state index < -0.39 is 12.0 Å². The van der Waals surface area contributed by atoms with Crippen molar-refractivity contribution in [1.29, 1.82) is 0 Å². The first kappa shape index (κ1) is 14.1. The SMILES string of the molecule is CCOC(=O)[C@H]1CC(=O)C=CN1c1ccccc1OC. The predicted molar refractivity (Wildman–Crippen MR) is 74.7 cm³/mol. The van der Waals surface area contributed by atoms with Gasteiger partial charge in [0.05, 0.1) is 19.4 Å². The lowest BCUT2D eigenvalue weighted by molar-refractivity contribution is -0.145. The number of benzene rings is 1. The number of methoxy groups -OCH3 is 1. The molecule has 0 spiro atoms. The first-order valence-electron chi connectivity index (χ1n) is 6.46. The molecule has 1 heterocycles. The molecule has 0 N–H and O–H groups in total. The molecule has 1 aliphatic rings. The standard InChI is InChI=1S/C15H17NO4/c1-3-20-15(18)13-10-11(17)8-9-16(13)12-6-4-5-7-14(12)19-2/h4-9,13H,3,10H2,1-2H3/t13-/m1/s1. The van der Waals surface area contributed by atoms with E-state index in [0.29, 0.717) is 5.75 Å². The molecule has 106 valence electrons. The van der Waals surface area contributed by atoms with Crippen molar-refractivity contribution in [3.05, 3.63) is 36.5 Å². The number of rotatable bonds is 4. The molecule has 0 radical (unpaired) electrons. The molecule has 5 nitrogen and oxygen atoms in total. The van der Waals surface area contributed by atoms with E-state index in [1.165, 1.54) is 6.08 Å². The monoisotopic (exact) mass is 275 g/mol. The molecular weight excluding hydrogens is 258 g/mol. The van der Waals surface area contributed by atoms with Gasteiger partial charge in [-0.1, -0.05) is 12.1 Å². The van der Waals surface area contributed by atoms with E-state index >= 15 is 0 Å². The van der Waals surface area contributed by atoms with E-state index in [2.05, 4.69) is 0 Å². The van der Waals surface area contributed by atoms with Crippen molar-refractivity contribution in [2.75, 3.05) is 18.6 Å². The van der Waals surface area contributed by atoms with Gasteiger partial charge in [-0.05, 0) is 25.1 Å². The second-order valence-electron chi connectivity index (χ2n) is 4.33. The molecule has 0 amide bonds. The summed E-state index contributed by atoms with van der Waals surface area (Å²) < 4.78 is 10.3. The number of ketones is 1. The number of carbonyl (C=O) groups is 2. The fourth-order valence-electron chi connectivity index (χ4n) is 2.15. The van der Waals surface area contributed by atoms with Crippen molar-refractivity contribution in [2.45, 2.75) is 19.4 Å². The Morgan fingerprint density at radius 2 is 2.15 bits per heavy atom. The van der Waals surface area contributed by atoms with Gasteiger partial charge in [-0.15, -0.1) is 0 Å². The Morgan fingerprint density at radius 1 is 1.40 bits per heavy atom. The molecule has 1 aromatic carbocycles. The number of anilines is 1. The van der Waals surface area contributed by atoms with Crippen LogP contribution in [0.25, 0.3) is 0 Å². The van der Waals surface area contributed by atoms with E-state index in [0.717, 1.165) is 5.69 Å². The highest BCUT2D eigenvalue weighted by atomic mass is 16.5. The highest BCUT2D eigenvalue weighted by Crippen LogP contribution is 2.32. The summed E-state index contributed by atoms with van der Waals surface area (Å²) >= 11 is 0. The number of allylic oxidation sites excluding steroid dienone is 1. The lowest BCUT2D eigenvalue weighted by Gasteiger charge is -2.31. The van der Waals surface area contributed by atoms with Gasteiger partial charge in [0.1, 0.15) is 11.8 Å². The van der Waals surface area contributed by atoms with Crippen molar-refractivity contribution in [3.8, 4) is 5.75 Å². The van der Waals surface area contributed by atoms with E-state index in [1.54, 1.807) is 25.1 Å². The second kappa shape index (κ2) is 6.23. The van der Waals surface area contributed by atoms with Gasteiger partial charge in [-0.25, -0.2) is 4.79 Å². The zero-order valence-electron chi connectivity index (χ0n) is 11.5. The predicted octanol–water partition coefficient (Wildman–Crippen LogP) is 1.92. The zero-order valence-corrected chi connectivity index (χ0v) is 11.5. The normalized spacial score (nSPS) is 18.0. The third-order valence-electron chi connectivity index (χ3n) is 3.07. The molecule has 0 saturated heterocycles. The zero-order chi connectivity index (χ0) is 14.5. The van der Waals surface area contributed by atoms with Gasteiger partial charge in [0.15, 0.2) is 5.78 Å². The van der Waals surface area contributed by atoms with Crippen molar-refractivity contribution in [3.63, 3.8) is 0 Å². The number of hydrogen-bond acceptors (Lipinski definition) is 5. The fourth-order valence-corrected chi connectivity index (χ4v) is 2.15. The molecule has 0 aliphatic carbocycles. The summed E-state index contributed by atoms with van der Waals surface area (Å²) in [7, 11) is 1.57. The van der Waals surface area contributed by atoms with E-state index in [4.69, 9.17) is 9.47 Å². The van der Waals surface area contributed by atoms with Gasteiger partial charge in [0.2, 0.25) is 0 Å². The van der Waals surface area contributed by atoms with Crippen molar-refractivity contribution in [2.24, 2.45) is 0 Å². The number of hydrogen-bond donors (Lipinski definition) is 0. The Labute approximate surface area is 117 Å². The van der Waals surface area contributed by atoms with Gasteiger partial charge >= 0.3 is 5.97 Å². The maximum atomic E-state index is 12.0. The molecule has 0 saturated carbocycles. The maximum absolute atomic E-state index is 12.0. The Balaban J connectivity index is 2.37. The third-order valence-corrected chi connectivity index (χ3v) is 3.07. The largest absolute Gasteiger partial charge is 0.495 e. The number of para-hydroxylation sites is 2. The van der Waals surface area contributed by atoms with Crippen LogP contribution in [0.5, 0.6) is 5.75 Å². The topological polar surface area (TPSA) is 55.8 Å². The summed E-state index contributed by atoms with van der Waals surface area (Å²) in [5.74, 6) is 0.145. The summed E-state index contributed by atoms with van der Waals surface area (Å²) in [5, 5.41) is 0. The first-order chi connectivity index (χ1) is 9.67. The molecule has 0 unspecified atom stereocenters. The minimum absolute atomic E-state index is 0.0887. The first-order valence-corrected chi connectivity index (χ1v) is 6.46. The Bertz CT molecular complexity index is 538. The second-order valence-corrected chi connectivity index (χ2v) is 4.33. The van der Waals surface area contributed by atoms with Crippen LogP contribution in [-0.4, -0.2) is 31.5 Å². The van der Waals surface area contributed by atoms with Crippen LogP contribution in [-0.2, 0) is 14.3 Å². The summed E-state index contributed by atoms with van der Waals surface area (Å²) in [6.07, 6.45) is 3.17. The van der Waals surface area contributed by atoms with Gasteiger partial charge in [-0.3, -0.25) is 4.79 Å². The van der Waals surface area contributed by atoms with Crippen LogP contribution in [0.15, 0.2) is 36.5 Å². The number of ether oxygens (including phenoxy) is 2. The van der Waals surface area contributed by atoms with Crippen molar-refractivity contribution < 1.29 is 19.1 Å². The molecule has 0 fully saturated rings. The van der Waals surface area contributed by atoms with E-state index in [9.17, 15) is 9.59 Å². The van der Waals surface area contributed by atoms with Gasteiger partial charge in [0, 0.05) is 12.6 Å². The molecule has 0 bridgehead atoms. The molecule has 2 rings (SSSR count). The van der Waals surface area contributed by atoms with Crippen LogP contribution in [0.1, 0.15) is 13.3 Å². The van der Waals surface area contributed by atoms with Crippen LogP contribution in [0, 0.1) is 0 Å². The highest BCUT2D eigenvalue weighted by Gasteiger charge is 2.32.